The Morgan fingerprint density at radius 3 is 2.42 bits per heavy atom. The lowest BCUT2D eigenvalue weighted by Crippen LogP contribution is -2.30. The molecule has 0 bridgehead atoms. The second-order valence-electron chi connectivity index (χ2n) is 6.86. The van der Waals surface area contributed by atoms with Crippen molar-refractivity contribution in [3.8, 4) is 11.3 Å². The summed E-state index contributed by atoms with van der Waals surface area (Å²) in [6.07, 6.45) is 1.26. The molecule has 3 aromatic rings. The van der Waals surface area contributed by atoms with Crippen LogP contribution in [0, 0.1) is 0 Å². The number of hydrogen-bond donors (Lipinski definition) is 2. The number of unbranched alkanes of at least 4 members (excludes halogenated alkanes) is 1. The molecule has 1 heterocycles. The highest BCUT2D eigenvalue weighted by atomic mass is 35.5. The summed E-state index contributed by atoms with van der Waals surface area (Å²) >= 11 is 6.43. The maximum absolute atomic E-state index is 13.1. The zero-order chi connectivity index (χ0) is 22.1. The molecule has 31 heavy (non-hydrogen) atoms. The van der Waals surface area contributed by atoms with E-state index in [1.807, 2.05) is 48.5 Å². The Bertz CT molecular complexity index is 1060. The van der Waals surface area contributed by atoms with Crippen molar-refractivity contribution in [1.29, 1.82) is 0 Å². The standard InChI is InChI=1S/C23H24ClN3O4/c24-21-20(18-11-5-2-6-12-18)27(23(30)22(26-21)25-13-7-8-14-28)15-19(29)31-16-17-9-3-1-4-10-17/h1-6,9-12,28H,7-8,13-16H2,(H,25,26). The summed E-state index contributed by atoms with van der Waals surface area (Å²) in [4.78, 5) is 29.9. The first-order chi connectivity index (χ1) is 15.1. The van der Waals surface area contributed by atoms with Gasteiger partial charge in [0.1, 0.15) is 13.2 Å². The molecule has 8 heteroatoms. The maximum atomic E-state index is 13.1. The van der Waals surface area contributed by atoms with Gasteiger partial charge in [0.05, 0.1) is 5.69 Å². The number of rotatable bonds is 10. The minimum atomic E-state index is -0.559. The second-order valence-corrected chi connectivity index (χ2v) is 7.22. The molecule has 0 saturated carbocycles. The van der Waals surface area contributed by atoms with Crippen LogP contribution in [0.25, 0.3) is 11.3 Å². The number of halogens is 1. The van der Waals surface area contributed by atoms with Gasteiger partial charge in [-0.15, -0.1) is 0 Å². The molecule has 0 aliphatic heterocycles. The quantitative estimate of drug-likeness (QED) is 0.369. The van der Waals surface area contributed by atoms with E-state index in [0.29, 0.717) is 30.6 Å². The van der Waals surface area contributed by atoms with E-state index in [1.54, 1.807) is 12.1 Å². The van der Waals surface area contributed by atoms with Crippen molar-refractivity contribution in [2.75, 3.05) is 18.5 Å². The molecule has 2 N–H and O–H groups in total. The average molecular weight is 442 g/mol. The number of nitrogens with one attached hydrogen (secondary N) is 1. The molecular formula is C23H24ClN3O4. The molecular weight excluding hydrogens is 418 g/mol. The van der Waals surface area contributed by atoms with Gasteiger partial charge < -0.3 is 15.2 Å². The minimum Gasteiger partial charge on any atom is -0.459 e. The Morgan fingerprint density at radius 1 is 1.06 bits per heavy atom. The van der Waals surface area contributed by atoms with E-state index in [-0.39, 0.29) is 30.7 Å². The van der Waals surface area contributed by atoms with Crippen molar-refractivity contribution in [2.45, 2.75) is 26.0 Å². The first kappa shape index (κ1) is 22.5. The molecule has 7 nitrogen and oxygen atoms in total. The SMILES string of the molecule is O=C(Cn1c(-c2ccccc2)c(Cl)nc(NCCCCO)c1=O)OCc1ccccc1. The highest BCUT2D eigenvalue weighted by Gasteiger charge is 2.19. The molecule has 0 unspecified atom stereocenters. The Hall–Kier alpha value is -3.16. The van der Waals surface area contributed by atoms with Crippen molar-refractivity contribution in [3.63, 3.8) is 0 Å². The van der Waals surface area contributed by atoms with Crippen molar-refractivity contribution in [3.05, 3.63) is 81.7 Å². The van der Waals surface area contributed by atoms with Crippen LogP contribution < -0.4 is 10.9 Å². The Labute approximate surface area is 185 Å². The fourth-order valence-corrected chi connectivity index (χ4v) is 3.33. The molecule has 0 aliphatic carbocycles. The van der Waals surface area contributed by atoms with Crippen LogP contribution in [0.5, 0.6) is 0 Å². The first-order valence-electron chi connectivity index (χ1n) is 10.00. The number of carbonyl (C=O) groups excluding carboxylic acids is 1. The zero-order valence-electron chi connectivity index (χ0n) is 17.0. The van der Waals surface area contributed by atoms with E-state index < -0.39 is 11.5 Å². The minimum absolute atomic E-state index is 0.0541. The summed E-state index contributed by atoms with van der Waals surface area (Å²) in [5, 5.41) is 12.0. The molecule has 0 radical (unpaired) electrons. The average Bonchev–Trinajstić information content (AvgIpc) is 2.79. The Morgan fingerprint density at radius 2 is 1.74 bits per heavy atom. The summed E-state index contributed by atoms with van der Waals surface area (Å²) in [6.45, 7) is 0.326. The fourth-order valence-electron chi connectivity index (χ4n) is 3.03. The third kappa shape index (κ3) is 6.16. The predicted molar refractivity (Wildman–Crippen MR) is 120 cm³/mol. The second kappa shape index (κ2) is 11.3. The number of ether oxygens (including phenoxy) is 1. The van der Waals surface area contributed by atoms with Crippen LogP contribution in [0.4, 0.5) is 5.82 Å². The van der Waals surface area contributed by atoms with Gasteiger partial charge in [-0.3, -0.25) is 14.2 Å². The molecule has 0 amide bonds. The summed E-state index contributed by atoms with van der Waals surface area (Å²) < 4.78 is 6.64. The molecule has 0 spiro atoms. The smallest absolute Gasteiger partial charge is 0.326 e. The molecule has 0 atom stereocenters. The summed E-state index contributed by atoms with van der Waals surface area (Å²) in [7, 11) is 0. The molecule has 0 saturated heterocycles. The number of aromatic nitrogens is 2. The van der Waals surface area contributed by atoms with E-state index >= 15 is 0 Å². The van der Waals surface area contributed by atoms with Crippen molar-refractivity contribution in [1.82, 2.24) is 9.55 Å². The van der Waals surface area contributed by atoms with Crippen LogP contribution in [0.15, 0.2) is 65.5 Å². The van der Waals surface area contributed by atoms with Crippen molar-refractivity contribution >= 4 is 23.4 Å². The monoisotopic (exact) mass is 441 g/mol. The summed E-state index contributed by atoms with van der Waals surface area (Å²) in [5.74, 6) is -0.505. The van der Waals surface area contributed by atoms with Gasteiger partial charge in [-0.1, -0.05) is 72.3 Å². The number of aliphatic hydroxyl groups is 1. The van der Waals surface area contributed by atoms with E-state index in [4.69, 9.17) is 21.4 Å². The lowest BCUT2D eigenvalue weighted by atomic mass is 10.1. The maximum Gasteiger partial charge on any atom is 0.326 e. The molecule has 1 aromatic heterocycles. The van der Waals surface area contributed by atoms with Gasteiger partial charge >= 0.3 is 5.97 Å². The van der Waals surface area contributed by atoms with Crippen molar-refractivity contribution < 1.29 is 14.6 Å². The van der Waals surface area contributed by atoms with Crippen LogP contribution in [-0.2, 0) is 22.7 Å². The van der Waals surface area contributed by atoms with E-state index in [1.165, 1.54) is 4.57 Å². The molecule has 162 valence electrons. The Balaban J connectivity index is 1.88. The number of nitrogens with zero attached hydrogens (tertiary/aromatic N) is 2. The third-order valence-corrected chi connectivity index (χ3v) is 4.84. The van der Waals surface area contributed by atoms with E-state index in [0.717, 1.165) is 5.56 Å². The van der Waals surface area contributed by atoms with Gasteiger partial charge in [0.15, 0.2) is 11.0 Å². The van der Waals surface area contributed by atoms with E-state index in [9.17, 15) is 9.59 Å². The highest BCUT2D eigenvalue weighted by Crippen LogP contribution is 2.26. The lowest BCUT2D eigenvalue weighted by Gasteiger charge is -2.16. The number of benzene rings is 2. The number of anilines is 1. The van der Waals surface area contributed by atoms with Crippen LogP contribution >= 0.6 is 11.6 Å². The van der Waals surface area contributed by atoms with Gasteiger partial charge in [-0.2, -0.15) is 0 Å². The zero-order valence-corrected chi connectivity index (χ0v) is 17.7. The van der Waals surface area contributed by atoms with Gasteiger partial charge in [-0.25, -0.2) is 4.98 Å². The fraction of sp³-hybridized carbons (Fsp3) is 0.261. The van der Waals surface area contributed by atoms with Crippen LogP contribution in [0.2, 0.25) is 5.15 Å². The summed E-state index contributed by atoms with van der Waals surface area (Å²) in [6, 6.07) is 18.4. The number of aliphatic hydroxyl groups excluding tert-OH is 1. The highest BCUT2D eigenvalue weighted by molar-refractivity contribution is 6.32. The van der Waals surface area contributed by atoms with Gasteiger partial charge in [-0.05, 0) is 18.4 Å². The van der Waals surface area contributed by atoms with Crippen LogP contribution in [0.1, 0.15) is 18.4 Å². The lowest BCUT2D eigenvalue weighted by molar-refractivity contribution is -0.145. The molecule has 2 aromatic carbocycles. The molecule has 0 aliphatic rings. The number of esters is 1. The largest absolute Gasteiger partial charge is 0.459 e. The van der Waals surface area contributed by atoms with Gasteiger partial charge in [0.2, 0.25) is 0 Å². The predicted octanol–water partition coefficient (Wildman–Crippen LogP) is 3.49. The van der Waals surface area contributed by atoms with E-state index in [2.05, 4.69) is 10.3 Å². The van der Waals surface area contributed by atoms with Gasteiger partial charge in [0.25, 0.3) is 5.56 Å². The summed E-state index contributed by atoms with van der Waals surface area (Å²) in [5.41, 5.74) is 1.40. The van der Waals surface area contributed by atoms with Crippen LogP contribution in [0.3, 0.4) is 0 Å². The third-order valence-electron chi connectivity index (χ3n) is 4.58. The number of carbonyl (C=O) groups is 1. The number of hydrogen-bond acceptors (Lipinski definition) is 6. The molecule has 0 fully saturated rings. The first-order valence-corrected chi connectivity index (χ1v) is 10.4. The van der Waals surface area contributed by atoms with Crippen LogP contribution in [-0.4, -0.2) is 33.8 Å². The topological polar surface area (TPSA) is 93.5 Å². The van der Waals surface area contributed by atoms with Gasteiger partial charge in [0, 0.05) is 18.7 Å². The normalized spacial score (nSPS) is 10.6. The molecule has 3 rings (SSSR count). The van der Waals surface area contributed by atoms with Crippen molar-refractivity contribution in [2.24, 2.45) is 0 Å². The Kier molecular flexibility index (Phi) is 8.20.